The standard InChI is InChI=1S/C21H38N4O9/c26-9-1-2-19(28)23-6-11-32-16-17-34-13-8-25-21(30)4-3-20(29)24-7-12-33-15-14-31-10-5-22-18-27/h9,18H,1-8,10-17H2,(H,22,27)(H,23,28)(H,24,29)(H,25,30). The summed E-state index contributed by atoms with van der Waals surface area (Å²) in [6.45, 7) is 4.39. The van der Waals surface area contributed by atoms with Crippen molar-refractivity contribution in [3.05, 3.63) is 0 Å². The van der Waals surface area contributed by atoms with Crippen molar-refractivity contribution in [2.24, 2.45) is 0 Å². The van der Waals surface area contributed by atoms with Gasteiger partial charge < -0.3 is 45.0 Å². The highest BCUT2D eigenvalue weighted by atomic mass is 16.5. The van der Waals surface area contributed by atoms with Crippen LogP contribution in [0.25, 0.3) is 0 Å². The molecule has 0 saturated heterocycles. The van der Waals surface area contributed by atoms with E-state index in [0.717, 1.165) is 0 Å². The molecule has 0 fully saturated rings. The summed E-state index contributed by atoms with van der Waals surface area (Å²) in [6, 6.07) is 0. The average molecular weight is 491 g/mol. The van der Waals surface area contributed by atoms with Gasteiger partial charge in [-0.15, -0.1) is 0 Å². The molecule has 0 aliphatic heterocycles. The minimum absolute atomic E-state index is 0.0804. The van der Waals surface area contributed by atoms with Gasteiger partial charge in [0.05, 0.1) is 52.9 Å². The lowest BCUT2D eigenvalue weighted by Crippen LogP contribution is -2.31. The summed E-state index contributed by atoms with van der Waals surface area (Å²) in [6.07, 6.45) is 1.86. The van der Waals surface area contributed by atoms with Crippen LogP contribution in [0.3, 0.4) is 0 Å². The van der Waals surface area contributed by atoms with Gasteiger partial charge in [-0.2, -0.15) is 0 Å². The summed E-state index contributed by atoms with van der Waals surface area (Å²) >= 11 is 0. The van der Waals surface area contributed by atoms with Crippen LogP contribution in [0.15, 0.2) is 0 Å². The minimum Gasteiger partial charge on any atom is -0.377 e. The molecule has 13 nitrogen and oxygen atoms in total. The Labute approximate surface area is 199 Å². The summed E-state index contributed by atoms with van der Waals surface area (Å²) < 4.78 is 21.1. The molecule has 0 rings (SSSR count). The molecule has 34 heavy (non-hydrogen) atoms. The first-order chi connectivity index (χ1) is 16.6. The van der Waals surface area contributed by atoms with Crippen molar-refractivity contribution in [1.29, 1.82) is 0 Å². The van der Waals surface area contributed by atoms with Gasteiger partial charge in [-0.25, -0.2) is 0 Å². The van der Waals surface area contributed by atoms with Crippen molar-refractivity contribution in [3.63, 3.8) is 0 Å². The second-order valence-corrected chi connectivity index (χ2v) is 6.78. The van der Waals surface area contributed by atoms with Gasteiger partial charge in [0.15, 0.2) is 0 Å². The predicted octanol–water partition coefficient (Wildman–Crippen LogP) is -2.09. The third-order valence-electron chi connectivity index (χ3n) is 3.99. The molecular weight excluding hydrogens is 452 g/mol. The highest BCUT2D eigenvalue weighted by molar-refractivity contribution is 5.83. The van der Waals surface area contributed by atoms with Gasteiger partial charge in [-0.05, 0) is 0 Å². The second kappa shape index (κ2) is 25.0. The van der Waals surface area contributed by atoms with E-state index in [4.69, 9.17) is 18.9 Å². The van der Waals surface area contributed by atoms with Crippen molar-refractivity contribution < 1.29 is 42.9 Å². The Bertz CT molecular complexity index is 564. The van der Waals surface area contributed by atoms with E-state index >= 15 is 0 Å². The van der Waals surface area contributed by atoms with Crippen LogP contribution >= 0.6 is 0 Å². The topological polar surface area (TPSA) is 170 Å². The van der Waals surface area contributed by atoms with Gasteiger partial charge in [0.1, 0.15) is 6.29 Å². The normalized spacial score (nSPS) is 10.4. The van der Waals surface area contributed by atoms with Crippen LogP contribution in [-0.2, 0) is 42.9 Å². The predicted molar refractivity (Wildman–Crippen MR) is 121 cm³/mol. The minimum atomic E-state index is -0.238. The monoisotopic (exact) mass is 490 g/mol. The fourth-order valence-electron chi connectivity index (χ4n) is 2.30. The fourth-order valence-corrected chi connectivity index (χ4v) is 2.30. The molecule has 0 unspecified atom stereocenters. The summed E-state index contributed by atoms with van der Waals surface area (Å²) in [4.78, 5) is 54.9. The van der Waals surface area contributed by atoms with Crippen LogP contribution in [0.2, 0.25) is 0 Å². The van der Waals surface area contributed by atoms with Gasteiger partial charge >= 0.3 is 0 Å². The summed E-state index contributed by atoms with van der Waals surface area (Å²) in [7, 11) is 0. The third kappa shape index (κ3) is 24.0. The van der Waals surface area contributed by atoms with Crippen LogP contribution in [0.5, 0.6) is 0 Å². The Morgan fingerprint density at radius 1 is 0.529 bits per heavy atom. The Morgan fingerprint density at radius 3 is 1.29 bits per heavy atom. The molecule has 0 aliphatic rings. The Balaban J connectivity index is 3.36. The fraction of sp³-hybridized carbons (Fsp3) is 0.762. The lowest BCUT2D eigenvalue weighted by Gasteiger charge is -2.09. The van der Waals surface area contributed by atoms with E-state index in [-0.39, 0.29) is 43.4 Å². The molecule has 0 aromatic heterocycles. The molecule has 0 spiro atoms. The molecule has 0 bridgehead atoms. The highest BCUT2D eigenvalue weighted by Gasteiger charge is 2.06. The Kier molecular flexibility index (Phi) is 23.1. The number of carbonyl (C=O) groups is 5. The summed E-state index contributed by atoms with van der Waals surface area (Å²) in [5.41, 5.74) is 0. The summed E-state index contributed by atoms with van der Waals surface area (Å²) in [5.74, 6) is -0.658. The first-order valence-corrected chi connectivity index (χ1v) is 11.3. The number of rotatable bonds is 25. The quantitative estimate of drug-likeness (QED) is 0.0827. The maximum Gasteiger partial charge on any atom is 0.220 e. The third-order valence-corrected chi connectivity index (χ3v) is 3.99. The van der Waals surface area contributed by atoms with Crippen LogP contribution in [-0.4, -0.2) is 109 Å². The van der Waals surface area contributed by atoms with Gasteiger partial charge in [-0.3, -0.25) is 19.2 Å². The number of carbonyl (C=O) groups excluding carboxylic acids is 5. The molecule has 0 radical (unpaired) electrons. The van der Waals surface area contributed by atoms with E-state index in [0.29, 0.717) is 91.7 Å². The highest BCUT2D eigenvalue weighted by Crippen LogP contribution is 1.89. The Morgan fingerprint density at radius 2 is 0.912 bits per heavy atom. The number of ether oxygens (including phenoxy) is 4. The van der Waals surface area contributed by atoms with Gasteiger partial charge in [0.2, 0.25) is 24.1 Å². The van der Waals surface area contributed by atoms with E-state index in [2.05, 4.69) is 21.3 Å². The van der Waals surface area contributed by atoms with Crippen molar-refractivity contribution in [2.45, 2.75) is 25.7 Å². The smallest absolute Gasteiger partial charge is 0.220 e. The SMILES string of the molecule is O=CCCC(=O)NCCOCCOCCNC(=O)CCC(=O)NCCOCCOCCNC=O. The van der Waals surface area contributed by atoms with E-state index in [1.807, 2.05) is 0 Å². The van der Waals surface area contributed by atoms with E-state index in [1.165, 1.54) is 0 Å². The first kappa shape index (κ1) is 31.4. The maximum absolute atomic E-state index is 11.7. The molecule has 13 heteroatoms. The van der Waals surface area contributed by atoms with Crippen LogP contribution < -0.4 is 21.3 Å². The molecule has 0 aromatic rings. The number of aldehydes is 1. The van der Waals surface area contributed by atoms with E-state index < -0.39 is 0 Å². The molecule has 4 amide bonds. The second-order valence-electron chi connectivity index (χ2n) is 6.78. The molecule has 4 N–H and O–H groups in total. The van der Waals surface area contributed by atoms with Gasteiger partial charge in [-0.1, -0.05) is 0 Å². The maximum atomic E-state index is 11.7. The summed E-state index contributed by atoms with van der Waals surface area (Å²) in [5, 5.41) is 10.4. The lowest BCUT2D eigenvalue weighted by molar-refractivity contribution is -0.126. The largest absolute Gasteiger partial charge is 0.377 e. The average Bonchev–Trinajstić information content (AvgIpc) is 2.83. The van der Waals surface area contributed by atoms with Crippen LogP contribution in [0.4, 0.5) is 0 Å². The zero-order valence-electron chi connectivity index (χ0n) is 19.6. The number of hydrogen-bond donors (Lipinski definition) is 4. The van der Waals surface area contributed by atoms with Crippen molar-refractivity contribution in [1.82, 2.24) is 21.3 Å². The number of nitrogens with one attached hydrogen (secondary N) is 4. The molecular formula is C21H38N4O9. The first-order valence-electron chi connectivity index (χ1n) is 11.3. The zero-order chi connectivity index (χ0) is 25.1. The number of amides is 4. The zero-order valence-corrected chi connectivity index (χ0v) is 19.6. The number of hydrogen-bond acceptors (Lipinski definition) is 9. The van der Waals surface area contributed by atoms with Crippen molar-refractivity contribution >= 4 is 30.4 Å². The van der Waals surface area contributed by atoms with Crippen molar-refractivity contribution in [3.8, 4) is 0 Å². The van der Waals surface area contributed by atoms with E-state index in [1.54, 1.807) is 0 Å². The molecule has 0 heterocycles. The molecule has 0 saturated carbocycles. The van der Waals surface area contributed by atoms with Crippen LogP contribution in [0, 0.1) is 0 Å². The van der Waals surface area contributed by atoms with E-state index in [9.17, 15) is 24.0 Å². The molecule has 196 valence electrons. The van der Waals surface area contributed by atoms with Gasteiger partial charge in [0, 0.05) is 51.9 Å². The van der Waals surface area contributed by atoms with Crippen molar-refractivity contribution in [2.75, 3.05) is 79.0 Å². The Hall–Kier alpha value is -2.61. The van der Waals surface area contributed by atoms with Gasteiger partial charge in [0.25, 0.3) is 0 Å². The molecule has 0 aromatic carbocycles. The molecule has 0 aliphatic carbocycles. The molecule has 0 atom stereocenters. The lowest BCUT2D eigenvalue weighted by atomic mass is 10.3. The van der Waals surface area contributed by atoms with Crippen LogP contribution in [0.1, 0.15) is 25.7 Å².